The number of carbonyl (C=O) groups is 1. The molecule has 1 aromatic rings. The second kappa shape index (κ2) is 6.62. The number of hydrogen-bond donors (Lipinski definition) is 0. The fourth-order valence-corrected chi connectivity index (χ4v) is 2.83. The van der Waals surface area contributed by atoms with E-state index in [1.54, 1.807) is 18.2 Å². The Bertz CT molecular complexity index is 467. The van der Waals surface area contributed by atoms with E-state index in [1.165, 1.54) is 6.42 Å². The number of amides is 1. The van der Waals surface area contributed by atoms with Gasteiger partial charge in [0.05, 0.1) is 9.50 Å². The Morgan fingerprint density at radius 2 is 2.32 bits per heavy atom. The Kier molecular flexibility index (Phi) is 5.11. The molecule has 0 radical (unpaired) electrons. The van der Waals surface area contributed by atoms with Crippen LogP contribution in [-0.2, 0) is 4.79 Å². The molecule has 0 aliphatic carbocycles. The van der Waals surface area contributed by atoms with Crippen molar-refractivity contribution in [2.45, 2.75) is 32.2 Å². The molecule has 1 unspecified atom stereocenters. The van der Waals surface area contributed by atoms with Gasteiger partial charge in [-0.2, -0.15) is 0 Å². The van der Waals surface area contributed by atoms with Crippen molar-refractivity contribution in [3.63, 3.8) is 0 Å². The second-order valence-electron chi connectivity index (χ2n) is 4.77. The molecule has 104 valence electrons. The largest absolute Gasteiger partial charge is 0.483 e. The minimum absolute atomic E-state index is 0.0408. The van der Waals surface area contributed by atoms with Crippen LogP contribution >= 0.6 is 27.5 Å². The minimum Gasteiger partial charge on any atom is -0.483 e. The lowest BCUT2D eigenvalue weighted by Gasteiger charge is -2.33. The Balaban J connectivity index is 1.94. The maximum atomic E-state index is 12.1. The van der Waals surface area contributed by atoms with Crippen molar-refractivity contribution in [3.05, 3.63) is 27.7 Å². The normalized spacial score (nSPS) is 19.3. The van der Waals surface area contributed by atoms with Crippen LogP contribution in [-0.4, -0.2) is 30.0 Å². The van der Waals surface area contributed by atoms with Gasteiger partial charge in [0.1, 0.15) is 5.75 Å². The van der Waals surface area contributed by atoms with Crippen molar-refractivity contribution in [1.82, 2.24) is 4.90 Å². The van der Waals surface area contributed by atoms with Crippen LogP contribution in [0.4, 0.5) is 0 Å². The van der Waals surface area contributed by atoms with Crippen LogP contribution < -0.4 is 4.74 Å². The highest BCUT2D eigenvalue weighted by molar-refractivity contribution is 9.10. The van der Waals surface area contributed by atoms with Crippen LogP contribution in [0.3, 0.4) is 0 Å². The van der Waals surface area contributed by atoms with Crippen molar-refractivity contribution in [3.8, 4) is 5.75 Å². The summed E-state index contributed by atoms with van der Waals surface area (Å²) in [5, 5.41) is 0.580. The van der Waals surface area contributed by atoms with Crippen molar-refractivity contribution >= 4 is 33.4 Å². The summed E-state index contributed by atoms with van der Waals surface area (Å²) >= 11 is 9.34. The summed E-state index contributed by atoms with van der Waals surface area (Å²) in [6.45, 7) is 2.98. The number of rotatable bonds is 3. The zero-order chi connectivity index (χ0) is 13.8. The highest BCUT2D eigenvalue weighted by atomic mass is 79.9. The van der Waals surface area contributed by atoms with E-state index >= 15 is 0 Å². The molecule has 19 heavy (non-hydrogen) atoms. The zero-order valence-electron chi connectivity index (χ0n) is 10.9. The monoisotopic (exact) mass is 345 g/mol. The molecule has 2 rings (SSSR count). The number of carbonyl (C=O) groups excluding carboxylic acids is 1. The Morgan fingerprint density at radius 1 is 1.53 bits per heavy atom. The Hall–Kier alpha value is -0.740. The third kappa shape index (κ3) is 3.63. The summed E-state index contributed by atoms with van der Waals surface area (Å²) in [4.78, 5) is 14.0. The predicted molar refractivity (Wildman–Crippen MR) is 79.7 cm³/mol. The molecule has 1 atom stereocenters. The number of ether oxygens (including phenoxy) is 1. The second-order valence-corrected chi connectivity index (χ2v) is 5.97. The first-order valence-corrected chi connectivity index (χ1v) is 7.63. The van der Waals surface area contributed by atoms with Gasteiger partial charge >= 0.3 is 0 Å². The van der Waals surface area contributed by atoms with Crippen molar-refractivity contribution in [2.75, 3.05) is 13.2 Å². The molecule has 0 aromatic heterocycles. The molecule has 1 heterocycles. The van der Waals surface area contributed by atoms with Gasteiger partial charge in [-0.15, -0.1) is 0 Å². The van der Waals surface area contributed by atoms with E-state index in [2.05, 4.69) is 22.9 Å². The van der Waals surface area contributed by atoms with Gasteiger partial charge in [-0.1, -0.05) is 17.7 Å². The summed E-state index contributed by atoms with van der Waals surface area (Å²) in [5.41, 5.74) is 0. The number of piperidine rings is 1. The fourth-order valence-electron chi connectivity index (χ4n) is 2.29. The van der Waals surface area contributed by atoms with E-state index in [9.17, 15) is 4.79 Å². The lowest BCUT2D eigenvalue weighted by Crippen LogP contribution is -2.44. The smallest absolute Gasteiger partial charge is 0.260 e. The topological polar surface area (TPSA) is 29.5 Å². The lowest BCUT2D eigenvalue weighted by molar-refractivity contribution is -0.136. The molecule has 0 bridgehead atoms. The molecule has 5 heteroatoms. The SMILES string of the molecule is CC1CCCCN1C(=O)COc1cccc(Cl)c1Br. The summed E-state index contributed by atoms with van der Waals surface area (Å²) in [7, 11) is 0. The van der Waals surface area contributed by atoms with Crippen LogP contribution in [0.1, 0.15) is 26.2 Å². The van der Waals surface area contributed by atoms with Crippen molar-refractivity contribution in [1.29, 1.82) is 0 Å². The van der Waals surface area contributed by atoms with Gasteiger partial charge in [-0.25, -0.2) is 0 Å². The molecule has 1 amide bonds. The van der Waals surface area contributed by atoms with Crippen molar-refractivity contribution in [2.24, 2.45) is 0 Å². The van der Waals surface area contributed by atoms with E-state index in [0.717, 1.165) is 19.4 Å². The maximum absolute atomic E-state index is 12.1. The third-order valence-corrected chi connectivity index (χ3v) is 4.75. The third-order valence-electron chi connectivity index (χ3n) is 3.39. The molecule has 1 aliphatic rings. The van der Waals surface area contributed by atoms with E-state index < -0.39 is 0 Å². The lowest BCUT2D eigenvalue weighted by atomic mass is 10.0. The summed E-state index contributed by atoms with van der Waals surface area (Å²) in [6.07, 6.45) is 3.36. The molecule has 1 saturated heterocycles. The van der Waals surface area contributed by atoms with E-state index in [1.807, 2.05) is 4.90 Å². The van der Waals surface area contributed by atoms with Gasteiger partial charge in [0, 0.05) is 12.6 Å². The highest BCUT2D eigenvalue weighted by Gasteiger charge is 2.23. The molecular formula is C14H17BrClNO2. The van der Waals surface area contributed by atoms with Gasteiger partial charge in [-0.05, 0) is 54.2 Å². The molecule has 3 nitrogen and oxygen atoms in total. The van der Waals surface area contributed by atoms with Gasteiger partial charge in [0.2, 0.25) is 0 Å². The highest BCUT2D eigenvalue weighted by Crippen LogP contribution is 2.31. The first-order valence-electron chi connectivity index (χ1n) is 6.46. The molecule has 1 aliphatic heterocycles. The number of benzene rings is 1. The van der Waals surface area contributed by atoms with Crippen molar-refractivity contribution < 1.29 is 9.53 Å². The van der Waals surface area contributed by atoms with Gasteiger partial charge < -0.3 is 9.64 Å². The molecule has 0 spiro atoms. The first-order chi connectivity index (χ1) is 9.09. The summed E-state index contributed by atoms with van der Waals surface area (Å²) < 4.78 is 6.25. The zero-order valence-corrected chi connectivity index (χ0v) is 13.2. The quantitative estimate of drug-likeness (QED) is 0.831. The molecule has 1 fully saturated rings. The predicted octanol–water partition coefficient (Wildman–Crippen LogP) is 3.88. The molecule has 1 aromatic carbocycles. The van der Waals surface area contributed by atoms with E-state index in [4.69, 9.17) is 16.3 Å². The van der Waals surface area contributed by atoms with Crippen LogP contribution in [0, 0.1) is 0 Å². The molecule has 0 N–H and O–H groups in total. The molecular weight excluding hydrogens is 330 g/mol. The average Bonchev–Trinajstić information content (AvgIpc) is 2.40. The standard InChI is InChI=1S/C14H17BrClNO2/c1-10-5-2-3-8-17(10)13(18)9-19-12-7-4-6-11(16)14(12)15/h4,6-7,10H,2-3,5,8-9H2,1H3. The number of hydrogen-bond acceptors (Lipinski definition) is 2. The van der Waals surface area contributed by atoms with Gasteiger partial charge in [-0.3, -0.25) is 4.79 Å². The fraction of sp³-hybridized carbons (Fsp3) is 0.500. The molecule has 0 saturated carbocycles. The maximum Gasteiger partial charge on any atom is 0.260 e. The summed E-state index contributed by atoms with van der Waals surface area (Å²) in [6, 6.07) is 5.68. The van der Waals surface area contributed by atoms with Gasteiger partial charge in [0.25, 0.3) is 5.91 Å². The number of likely N-dealkylation sites (tertiary alicyclic amines) is 1. The average molecular weight is 347 g/mol. The first kappa shape index (κ1) is 14.7. The van der Waals surface area contributed by atoms with Crippen LogP contribution in [0.25, 0.3) is 0 Å². The number of nitrogens with zero attached hydrogens (tertiary/aromatic N) is 1. The van der Waals surface area contributed by atoms with Crippen LogP contribution in [0.15, 0.2) is 22.7 Å². The van der Waals surface area contributed by atoms with Gasteiger partial charge in [0.15, 0.2) is 6.61 Å². The van der Waals surface area contributed by atoms with E-state index in [0.29, 0.717) is 21.3 Å². The van der Waals surface area contributed by atoms with Crippen LogP contribution in [0.5, 0.6) is 5.75 Å². The summed E-state index contributed by atoms with van der Waals surface area (Å²) in [5.74, 6) is 0.643. The number of halogens is 2. The Morgan fingerprint density at radius 3 is 3.05 bits per heavy atom. The van der Waals surface area contributed by atoms with E-state index in [-0.39, 0.29) is 12.5 Å². The Labute approximate surface area is 127 Å². The minimum atomic E-state index is 0.0408. The van der Waals surface area contributed by atoms with Crippen LogP contribution in [0.2, 0.25) is 5.02 Å².